The number of carboxylic acids is 1. The molecule has 0 fully saturated rings. The second-order valence-electron chi connectivity index (χ2n) is 6.65. The Balaban J connectivity index is 1.88. The van der Waals surface area contributed by atoms with E-state index in [9.17, 15) is 18.7 Å². The number of carbonyl (C=O) groups is 1. The molecule has 3 aromatic rings. The first-order valence-electron chi connectivity index (χ1n) is 8.96. The molecule has 0 amide bonds. The van der Waals surface area contributed by atoms with Crippen molar-refractivity contribution in [2.24, 2.45) is 0 Å². The Morgan fingerprint density at radius 1 is 1.21 bits per heavy atom. The molecule has 0 aliphatic heterocycles. The summed E-state index contributed by atoms with van der Waals surface area (Å²) in [6, 6.07) is 13.9. The summed E-state index contributed by atoms with van der Waals surface area (Å²) < 4.78 is 28.7. The number of hydrogen-bond acceptors (Lipinski definition) is 3. The molecule has 0 spiro atoms. The van der Waals surface area contributed by atoms with Crippen molar-refractivity contribution in [3.8, 4) is 23.5 Å². The number of halogens is 2. The third-order valence-electron chi connectivity index (χ3n) is 4.39. The number of rotatable bonds is 7. The first kappa shape index (κ1) is 20.2. The highest BCUT2D eigenvalue weighted by atomic mass is 19.3. The maximum absolute atomic E-state index is 13.6. The zero-order chi connectivity index (χ0) is 21.0. The highest BCUT2D eigenvalue weighted by molar-refractivity contribution is 5.95. The van der Waals surface area contributed by atoms with E-state index in [0.717, 1.165) is 18.1 Å². The van der Waals surface area contributed by atoms with Crippen molar-refractivity contribution in [3.05, 3.63) is 71.3 Å². The molecule has 3 rings (SSSR count). The van der Waals surface area contributed by atoms with Crippen molar-refractivity contribution in [1.82, 2.24) is 14.8 Å². The molecule has 0 atom stereocenters. The molecule has 0 aliphatic rings. The summed E-state index contributed by atoms with van der Waals surface area (Å²) in [5.41, 5.74) is 2.39. The minimum atomic E-state index is -3.14. The van der Waals surface area contributed by atoms with Crippen molar-refractivity contribution in [2.75, 3.05) is 0 Å². The van der Waals surface area contributed by atoms with E-state index in [0.29, 0.717) is 24.2 Å². The molecular weight excluding hydrogens is 376 g/mol. The van der Waals surface area contributed by atoms with Gasteiger partial charge in [0, 0.05) is 19.8 Å². The maximum atomic E-state index is 13.6. The Labute approximate surface area is 167 Å². The molecule has 2 aromatic carbocycles. The van der Waals surface area contributed by atoms with E-state index in [1.54, 1.807) is 36.4 Å². The Bertz CT molecular complexity index is 1060. The van der Waals surface area contributed by atoms with Gasteiger partial charge in [-0.2, -0.15) is 8.78 Å². The van der Waals surface area contributed by atoms with Crippen LogP contribution in [-0.2, 0) is 18.9 Å². The SMILES string of the molecule is C#CCCc1nc(C(C)(F)F)nn1Cc1ccc(-c2ccccc2C(=O)O)cc1. The van der Waals surface area contributed by atoms with Gasteiger partial charge in [0.1, 0.15) is 5.82 Å². The van der Waals surface area contributed by atoms with Gasteiger partial charge >= 0.3 is 11.9 Å². The molecule has 0 aliphatic carbocycles. The van der Waals surface area contributed by atoms with Crippen LogP contribution in [0.3, 0.4) is 0 Å². The molecule has 5 nitrogen and oxygen atoms in total. The van der Waals surface area contributed by atoms with Crippen LogP contribution in [0.1, 0.15) is 40.9 Å². The molecule has 0 saturated heterocycles. The summed E-state index contributed by atoms with van der Waals surface area (Å²) in [4.78, 5) is 15.4. The van der Waals surface area contributed by atoms with Gasteiger partial charge in [0.05, 0.1) is 12.1 Å². The number of nitrogens with zero attached hydrogens (tertiary/aromatic N) is 3. The number of terminal acetylenes is 1. The molecule has 1 N–H and O–H groups in total. The molecule has 0 unspecified atom stereocenters. The Hall–Kier alpha value is -3.53. The first-order chi connectivity index (χ1) is 13.8. The van der Waals surface area contributed by atoms with Crippen LogP contribution >= 0.6 is 0 Å². The normalized spacial score (nSPS) is 11.2. The van der Waals surface area contributed by atoms with Crippen LogP contribution in [-0.4, -0.2) is 25.8 Å². The van der Waals surface area contributed by atoms with Crippen LogP contribution in [0.5, 0.6) is 0 Å². The highest BCUT2D eigenvalue weighted by Gasteiger charge is 2.31. The molecular formula is C22H19F2N3O2. The van der Waals surface area contributed by atoms with Gasteiger partial charge in [-0.05, 0) is 22.8 Å². The fourth-order valence-electron chi connectivity index (χ4n) is 2.94. The lowest BCUT2D eigenvalue weighted by Gasteiger charge is -2.09. The van der Waals surface area contributed by atoms with Crippen molar-refractivity contribution < 1.29 is 18.7 Å². The fourth-order valence-corrected chi connectivity index (χ4v) is 2.94. The number of aromatic nitrogens is 3. The lowest BCUT2D eigenvalue weighted by molar-refractivity contribution is 0.00755. The van der Waals surface area contributed by atoms with Crippen LogP contribution in [0.2, 0.25) is 0 Å². The maximum Gasteiger partial charge on any atom is 0.336 e. The van der Waals surface area contributed by atoms with Crippen molar-refractivity contribution in [2.45, 2.75) is 32.2 Å². The number of hydrogen-bond donors (Lipinski definition) is 1. The smallest absolute Gasteiger partial charge is 0.336 e. The predicted molar refractivity (Wildman–Crippen MR) is 105 cm³/mol. The fraction of sp³-hybridized carbons (Fsp3) is 0.227. The lowest BCUT2D eigenvalue weighted by Crippen LogP contribution is -2.11. The van der Waals surface area contributed by atoms with E-state index >= 15 is 0 Å². The van der Waals surface area contributed by atoms with Gasteiger partial charge in [-0.25, -0.2) is 14.5 Å². The van der Waals surface area contributed by atoms with Crippen LogP contribution in [0.15, 0.2) is 48.5 Å². The Morgan fingerprint density at radius 2 is 1.90 bits per heavy atom. The molecule has 7 heteroatoms. The molecule has 0 saturated carbocycles. The molecule has 29 heavy (non-hydrogen) atoms. The average Bonchev–Trinajstić information content (AvgIpc) is 3.10. The largest absolute Gasteiger partial charge is 0.478 e. The van der Waals surface area contributed by atoms with E-state index in [1.165, 1.54) is 4.68 Å². The van der Waals surface area contributed by atoms with Gasteiger partial charge in [0.15, 0.2) is 0 Å². The predicted octanol–water partition coefficient (Wildman–Crippen LogP) is 4.37. The number of carboxylic acid groups (broad SMARTS) is 1. The average molecular weight is 395 g/mol. The van der Waals surface area contributed by atoms with Crippen molar-refractivity contribution >= 4 is 5.97 Å². The molecule has 0 radical (unpaired) electrons. The second kappa shape index (κ2) is 8.23. The third-order valence-corrected chi connectivity index (χ3v) is 4.39. The number of aromatic carboxylic acids is 1. The zero-order valence-corrected chi connectivity index (χ0v) is 15.8. The summed E-state index contributed by atoms with van der Waals surface area (Å²) in [6.07, 6.45) is 6.00. The summed E-state index contributed by atoms with van der Waals surface area (Å²) in [6.45, 7) is 1.01. The van der Waals surface area contributed by atoms with Gasteiger partial charge in [-0.1, -0.05) is 42.5 Å². The summed E-state index contributed by atoms with van der Waals surface area (Å²) in [5.74, 6) is -1.79. The number of aryl methyl sites for hydroxylation is 1. The van der Waals surface area contributed by atoms with Crippen molar-refractivity contribution in [1.29, 1.82) is 0 Å². The van der Waals surface area contributed by atoms with Crippen LogP contribution in [0.4, 0.5) is 8.78 Å². The second-order valence-corrected chi connectivity index (χ2v) is 6.65. The van der Waals surface area contributed by atoms with Crippen LogP contribution in [0.25, 0.3) is 11.1 Å². The van der Waals surface area contributed by atoms with E-state index in [2.05, 4.69) is 16.0 Å². The third kappa shape index (κ3) is 4.66. The van der Waals surface area contributed by atoms with E-state index < -0.39 is 17.7 Å². The monoisotopic (exact) mass is 395 g/mol. The van der Waals surface area contributed by atoms with Gasteiger partial charge in [-0.3, -0.25) is 0 Å². The van der Waals surface area contributed by atoms with Gasteiger partial charge in [0.25, 0.3) is 0 Å². The number of benzene rings is 2. The highest BCUT2D eigenvalue weighted by Crippen LogP contribution is 2.26. The molecule has 1 heterocycles. The summed E-state index contributed by atoms with van der Waals surface area (Å²) in [7, 11) is 0. The summed E-state index contributed by atoms with van der Waals surface area (Å²) in [5, 5.41) is 13.3. The summed E-state index contributed by atoms with van der Waals surface area (Å²) >= 11 is 0. The Kier molecular flexibility index (Phi) is 5.74. The topological polar surface area (TPSA) is 68.0 Å². The molecule has 148 valence electrons. The quantitative estimate of drug-likeness (QED) is 0.603. The zero-order valence-electron chi connectivity index (χ0n) is 15.8. The lowest BCUT2D eigenvalue weighted by atomic mass is 9.99. The van der Waals surface area contributed by atoms with E-state index in [1.807, 2.05) is 12.1 Å². The standard InChI is InChI=1S/C22H19F2N3O2/c1-3-4-9-19-25-21(22(2,23)24)26-27(19)14-15-10-12-16(13-11-15)17-7-5-6-8-18(17)20(28)29/h1,5-8,10-13H,4,9,14H2,2H3,(H,28,29). The van der Waals surface area contributed by atoms with E-state index in [-0.39, 0.29) is 12.1 Å². The molecule has 0 bridgehead atoms. The van der Waals surface area contributed by atoms with Crippen LogP contribution in [0, 0.1) is 12.3 Å². The van der Waals surface area contributed by atoms with Crippen molar-refractivity contribution in [3.63, 3.8) is 0 Å². The minimum absolute atomic E-state index is 0.211. The van der Waals surface area contributed by atoms with E-state index in [4.69, 9.17) is 6.42 Å². The van der Waals surface area contributed by atoms with Crippen LogP contribution < -0.4 is 0 Å². The number of alkyl halides is 2. The van der Waals surface area contributed by atoms with Gasteiger partial charge in [-0.15, -0.1) is 17.4 Å². The molecule has 1 aromatic heterocycles. The van der Waals surface area contributed by atoms with Gasteiger partial charge in [0.2, 0.25) is 5.82 Å². The Morgan fingerprint density at radius 3 is 2.52 bits per heavy atom. The minimum Gasteiger partial charge on any atom is -0.478 e. The van der Waals surface area contributed by atoms with Gasteiger partial charge < -0.3 is 5.11 Å². The first-order valence-corrected chi connectivity index (χ1v) is 8.96.